The smallest absolute Gasteiger partial charge is 0.250 e. The van der Waals surface area contributed by atoms with Gasteiger partial charge in [0.2, 0.25) is 11.8 Å². The minimum Gasteiger partial charge on any atom is -0.495 e. The highest BCUT2D eigenvalue weighted by molar-refractivity contribution is 6.31. The number of piperazine rings is 1. The Morgan fingerprint density at radius 1 is 1.07 bits per heavy atom. The van der Waals surface area contributed by atoms with Gasteiger partial charge in [0.15, 0.2) is 0 Å². The van der Waals surface area contributed by atoms with Crippen molar-refractivity contribution in [1.82, 2.24) is 4.90 Å². The Bertz CT molecular complexity index is 898. The summed E-state index contributed by atoms with van der Waals surface area (Å²) in [5.41, 5.74) is 2.55. The molecule has 0 unspecified atom stereocenters. The molecule has 0 aliphatic carbocycles. The molecule has 0 bridgehead atoms. The summed E-state index contributed by atoms with van der Waals surface area (Å²) >= 11 is 6.05. The Balaban J connectivity index is 1.40. The first-order valence-electron chi connectivity index (χ1n) is 9.77. The van der Waals surface area contributed by atoms with Gasteiger partial charge in [0.05, 0.1) is 12.8 Å². The molecule has 1 saturated heterocycles. The van der Waals surface area contributed by atoms with Gasteiger partial charge in [-0.3, -0.25) is 9.59 Å². The number of amides is 2. The van der Waals surface area contributed by atoms with Crippen LogP contribution < -0.4 is 15.0 Å². The number of anilines is 2. The molecule has 0 atom stereocenters. The van der Waals surface area contributed by atoms with E-state index in [9.17, 15) is 9.59 Å². The summed E-state index contributed by atoms with van der Waals surface area (Å²) in [5.74, 6) is 0.367. The van der Waals surface area contributed by atoms with E-state index < -0.39 is 0 Å². The van der Waals surface area contributed by atoms with Crippen LogP contribution in [-0.4, -0.2) is 63.2 Å². The van der Waals surface area contributed by atoms with Crippen molar-refractivity contribution >= 4 is 34.8 Å². The van der Waals surface area contributed by atoms with Crippen LogP contribution in [0.25, 0.3) is 0 Å². The maximum atomic E-state index is 12.4. The number of para-hydroxylation sites is 2. The van der Waals surface area contributed by atoms with Gasteiger partial charge in [-0.2, -0.15) is 0 Å². The van der Waals surface area contributed by atoms with Gasteiger partial charge >= 0.3 is 0 Å². The molecule has 160 valence electrons. The van der Waals surface area contributed by atoms with E-state index in [4.69, 9.17) is 21.1 Å². The number of nitrogens with one attached hydrogen (secondary N) is 1. The third-order valence-corrected chi connectivity index (χ3v) is 5.38. The molecule has 0 radical (unpaired) electrons. The zero-order valence-corrected chi connectivity index (χ0v) is 17.9. The topological polar surface area (TPSA) is 71.1 Å². The van der Waals surface area contributed by atoms with Crippen LogP contribution in [-0.2, 0) is 14.3 Å². The molecule has 0 saturated carbocycles. The molecule has 1 N–H and O–H groups in total. The van der Waals surface area contributed by atoms with E-state index in [-0.39, 0.29) is 25.0 Å². The minimum atomic E-state index is -0.330. The molecule has 2 amide bonds. The van der Waals surface area contributed by atoms with Gasteiger partial charge in [0.1, 0.15) is 19.0 Å². The second-order valence-corrected chi connectivity index (χ2v) is 7.45. The molecule has 0 aromatic heterocycles. The lowest BCUT2D eigenvalue weighted by Gasteiger charge is -2.36. The number of carbonyl (C=O) groups is 2. The first-order valence-corrected chi connectivity index (χ1v) is 10.1. The third-order valence-electron chi connectivity index (χ3n) is 4.97. The van der Waals surface area contributed by atoms with Crippen LogP contribution in [0.3, 0.4) is 0 Å². The van der Waals surface area contributed by atoms with E-state index in [1.807, 2.05) is 37.3 Å². The summed E-state index contributed by atoms with van der Waals surface area (Å²) in [6.07, 6.45) is 0. The molecule has 3 rings (SSSR count). The monoisotopic (exact) mass is 431 g/mol. The fourth-order valence-corrected chi connectivity index (χ4v) is 3.46. The quantitative estimate of drug-likeness (QED) is 0.729. The fourth-order valence-electron chi connectivity index (χ4n) is 3.28. The second kappa shape index (κ2) is 10.3. The van der Waals surface area contributed by atoms with Gasteiger partial charge in [-0.05, 0) is 36.8 Å². The van der Waals surface area contributed by atoms with Crippen molar-refractivity contribution in [2.45, 2.75) is 6.92 Å². The molecule has 1 aliphatic heterocycles. The Labute approximate surface area is 181 Å². The Morgan fingerprint density at radius 3 is 2.50 bits per heavy atom. The van der Waals surface area contributed by atoms with Crippen LogP contribution in [0, 0.1) is 6.92 Å². The summed E-state index contributed by atoms with van der Waals surface area (Å²) < 4.78 is 10.7. The summed E-state index contributed by atoms with van der Waals surface area (Å²) in [6, 6.07) is 13.1. The van der Waals surface area contributed by atoms with Crippen molar-refractivity contribution < 1.29 is 19.1 Å². The lowest BCUT2D eigenvalue weighted by Crippen LogP contribution is -2.50. The lowest BCUT2D eigenvalue weighted by atomic mass is 10.2. The zero-order chi connectivity index (χ0) is 21.5. The maximum absolute atomic E-state index is 12.4. The number of hydrogen-bond acceptors (Lipinski definition) is 5. The van der Waals surface area contributed by atoms with Crippen molar-refractivity contribution in [3.63, 3.8) is 0 Å². The molecule has 7 nitrogen and oxygen atoms in total. The van der Waals surface area contributed by atoms with E-state index >= 15 is 0 Å². The number of aryl methyl sites for hydroxylation is 1. The maximum Gasteiger partial charge on any atom is 0.250 e. The van der Waals surface area contributed by atoms with Crippen LogP contribution in [0.5, 0.6) is 5.75 Å². The molecule has 2 aromatic rings. The van der Waals surface area contributed by atoms with E-state index in [1.54, 1.807) is 24.1 Å². The summed E-state index contributed by atoms with van der Waals surface area (Å²) in [6.45, 7) is 4.16. The minimum absolute atomic E-state index is 0.124. The van der Waals surface area contributed by atoms with Crippen molar-refractivity contribution in [3.05, 3.63) is 53.1 Å². The van der Waals surface area contributed by atoms with Crippen molar-refractivity contribution in [3.8, 4) is 5.75 Å². The number of rotatable bonds is 7. The van der Waals surface area contributed by atoms with Crippen LogP contribution in [0.15, 0.2) is 42.5 Å². The fraction of sp³-hybridized carbons (Fsp3) is 0.364. The van der Waals surface area contributed by atoms with Gasteiger partial charge in [0.25, 0.3) is 0 Å². The molecule has 1 fully saturated rings. The summed E-state index contributed by atoms with van der Waals surface area (Å²) in [4.78, 5) is 28.4. The number of methoxy groups -OCH3 is 1. The normalized spacial score (nSPS) is 13.8. The van der Waals surface area contributed by atoms with Crippen LogP contribution in [0.2, 0.25) is 5.02 Å². The highest BCUT2D eigenvalue weighted by atomic mass is 35.5. The highest BCUT2D eigenvalue weighted by Gasteiger charge is 2.23. The standard InChI is InChI=1S/C22H26ClN3O4/c1-16-7-8-17(13-18(16)23)24-21(27)14-30-15-22(28)26-11-9-25(10-12-26)19-5-3-4-6-20(19)29-2/h3-8,13H,9-12,14-15H2,1-2H3,(H,24,27). The van der Waals surface area contributed by atoms with Crippen molar-refractivity contribution in [1.29, 1.82) is 0 Å². The van der Waals surface area contributed by atoms with Crippen molar-refractivity contribution in [2.75, 3.05) is 56.7 Å². The molecular weight excluding hydrogens is 406 g/mol. The number of carbonyl (C=O) groups excluding carboxylic acids is 2. The number of halogens is 1. The van der Waals surface area contributed by atoms with Gasteiger partial charge in [0, 0.05) is 36.9 Å². The Morgan fingerprint density at radius 2 is 1.80 bits per heavy atom. The molecule has 1 aliphatic rings. The molecule has 0 spiro atoms. The van der Waals surface area contributed by atoms with Crippen LogP contribution in [0.1, 0.15) is 5.56 Å². The highest BCUT2D eigenvalue weighted by Crippen LogP contribution is 2.28. The summed E-state index contributed by atoms with van der Waals surface area (Å²) in [7, 11) is 1.65. The van der Waals surface area contributed by atoms with Crippen molar-refractivity contribution in [2.24, 2.45) is 0 Å². The predicted molar refractivity (Wildman–Crippen MR) is 117 cm³/mol. The number of benzene rings is 2. The number of nitrogens with zero attached hydrogens (tertiary/aromatic N) is 2. The molecule has 8 heteroatoms. The zero-order valence-electron chi connectivity index (χ0n) is 17.2. The van der Waals surface area contributed by atoms with Crippen LogP contribution in [0.4, 0.5) is 11.4 Å². The molecular formula is C22H26ClN3O4. The van der Waals surface area contributed by atoms with Gasteiger partial charge in [-0.1, -0.05) is 29.8 Å². The number of ether oxygens (including phenoxy) is 2. The summed E-state index contributed by atoms with van der Waals surface area (Å²) in [5, 5.41) is 3.29. The number of hydrogen-bond donors (Lipinski definition) is 1. The first-order chi connectivity index (χ1) is 14.5. The Kier molecular flexibility index (Phi) is 7.54. The van der Waals surface area contributed by atoms with Gasteiger partial charge in [-0.15, -0.1) is 0 Å². The largest absolute Gasteiger partial charge is 0.495 e. The second-order valence-electron chi connectivity index (χ2n) is 7.04. The van der Waals surface area contributed by atoms with Crippen LogP contribution >= 0.6 is 11.6 Å². The van der Waals surface area contributed by atoms with Gasteiger partial charge in [-0.25, -0.2) is 0 Å². The van der Waals surface area contributed by atoms with E-state index in [0.717, 1.165) is 17.0 Å². The lowest BCUT2D eigenvalue weighted by molar-refractivity contribution is -0.137. The molecule has 30 heavy (non-hydrogen) atoms. The average molecular weight is 432 g/mol. The SMILES string of the molecule is COc1ccccc1N1CCN(C(=O)COCC(=O)Nc2ccc(C)c(Cl)c2)CC1. The molecule has 1 heterocycles. The average Bonchev–Trinajstić information content (AvgIpc) is 2.76. The Hall–Kier alpha value is -2.77. The van der Waals surface area contributed by atoms with E-state index in [0.29, 0.717) is 36.9 Å². The van der Waals surface area contributed by atoms with Gasteiger partial charge < -0.3 is 24.6 Å². The predicted octanol–water partition coefficient (Wildman–Crippen LogP) is 2.96. The first kappa shape index (κ1) is 21.9. The third kappa shape index (κ3) is 5.64. The van der Waals surface area contributed by atoms with E-state index in [1.165, 1.54) is 0 Å². The van der Waals surface area contributed by atoms with E-state index in [2.05, 4.69) is 10.2 Å². The molecule has 2 aromatic carbocycles.